The average Bonchev–Trinajstić information content (AvgIpc) is 3.76. The van der Waals surface area contributed by atoms with Crippen LogP contribution >= 0.6 is 23.2 Å². The summed E-state index contributed by atoms with van der Waals surface area (Å²) < 4.78 is 0. The lowest BCUT2D eigenvalue weighted by Gasteiger charge is -2.10. The third kappa shape index (κ3) is 5.58. The maximum absolute atomic E-state index is 6.51. The summed E-state index contributed by atoms with van der Waals surface area (Å²) in [6.45, 7) is 17.9. The van der Waals surface area contributed by atoms with Gasteiger partial charge in [-0.05, 0) is 128 Å². The van der Waals surface area contributed by atoms with Gasteiger partial charge in [-0.3, -0.25) is 0 Å². The number of aryl methyl sites for hydroxylation is 4. The summed E-state index contributed by atoms with van der Waals surface area (Å²) in [6, 6.07) is 13.2. The van der Waals surface area contributed by atoms with Gasteiger partial charge in [-0.2, -0.15) is 0 Å². The monoisotopic (exact) mass is 664 g/mol. The van der Waals surface area contributed by atoms with E-state index in [1.54, 1.807) is 0 Å². The minimum atomic E-state index is 0.489. The number of nitrogens with one attached hydrogen (secondary N) is 2. The van der Waals surface area contributed by atoms with Crippen LogP contribution in [0.4, 0.5) is 0 Å². The van der Waals surface area contributed by atoms with Gasteiger partial charge >= 0.3 is 0 Å². The Morgan fingerprint density at radius 2 is 1.09 bits per heavy atom. The number of benzene rings is 1. The molecule has 4 nitrogen and oxygen atoms in total. The van der Waals surface area contributed by atoms with Crippen LogP contribution in [0.25, 0.3) is 55.5 Å². The number of hydrogen-bond acceptors (Lipinski definition) is 2. The fourth-order valence-corrected chi connectivity index (χ4v) is 8.02. The predicted octanol–water partition coefficient (Wildman–Crippen LogP) is 11.9. The van der Waals surface area contributed by atoms with Crippen LogP contribution in [0.15, 0.2) is 36.4 Å². The smallest absolute Gasteiger partial charge is 0.0726 e. The van der Waals surface area contributed by atoms with E-state index < -0.39 is 0 Å². The molecule has 6 rings (SSSR count). The van der Waals surface area contributed by atoms with E-state index in [9.17, 15) is 0 Å². The largest absolute Gasteiger partial charge is 0.354 e. The second kappa shape index (κ2) is 13.5. The number of fused-ring (bicyclic) bond motifs is 8. The Hall–Kier alpha value is -3.60. The number of allylic oxidation sites excluding steroid dienone is 4. The lowest BCUT2D eigenvalue weighted by atomic mass is 9.94. The Morgan fingerprint density at radius 3 is 1.47 bits per heavy atom. The van der Waals surface area contributed by atoms with Gasteiger partial charge in [-0.1, -0.05) is 52.0 Å². The van der Waals surface area contributed by atoms with Gasteiger partial charge in [0.1, 0.15) is 0 Å². The molecule has 0 unspecified atom stereocenters. The SMILES string of the molecule is CCC1=C(C)c2cc3[nH]c(c(CC)c3C)c(-c3ccc(CCl)cc3)c3[nH]c(cc4nc(c(CCCl)c1n2)C(CC)=C4C)c(C)c3CC. The van der Waals surface area contributed by atoms with Gasteiger partial charge in [-0.25, -0.2) is 9.97 Å². The third-order valence-electron chi connectivity index (χ3n) is 10.3. The molecule has 0 saturated carbocycles. The second-order valence-corrected chi connectivity index (χ2v) is 13.4. The van der Waals surface area contributed by atoms with Crippen LogP contribution in [0, 0.1) is 13.8 Å². The van der Waals surface area contributed by atoms with Crippen molar-refractivity contribution in [2.24, 2.45) is 0 Å². The molecule has 0 radical (unpaired) electrons. The Labute approximate surface area is 289 Å². The van der Waals surface area contributed by atoms with Crippen LogP contribution in [0.2, 0.25) is 0 Å². The molecule has 0 atom stereocenters. The maximum atomic E-state index is 6.51. The highest BCUT2D eigenvalue weighted by Gasteiger charge is 2.26. The minimum absolute atomic E-state index is 0.489. The van der Waals surface area contributed by atoms with Crippen molar-refractivity contribution in [3.63, 3.8) is 0 Å². The normalized spacial score (nSPS) is 13.3. The predicted molar refractivity (Wildman–Crippen MR) is 204 cm³/mol. The number of hydrogen-bond donors (Lipinski definition) is 2. The van der Waals surface area contributed by atoms with E-state index in [0.717, 1.165) is 87.2 Å². The summed E-state index contributed by atoms with van der Waals surface area (Å²) in [7, 11) is 0. The van der Waals surface area contributed by atoms with E-state index in [1.807, 2.05) is 0 Å². The molecule has 0 spiro atoms. The van der Waals surface area contributed by atoms with Crippen LogP contribution in [-0.2, 0) is 25.1 Å². The summed E-state index contributed by atoms with van der Waals surface area (Å²) in [5, 5.41) is 0. The first kappa shape index (κ1) is 33.3. The van der Waals surface area contributed by atoms with E-state index >= 15 is 0 Å². The molecule has 4 aromatic rings. The number of alkyl halides is 2. The first-order chi connectivity index (χ1) is 22.7. The van der Waals surface area contributed by atoms with Gasteiger partial charge < -0.3 is 9.97 Å². The Balaban J connectivity index is 1.90. The van der Waals surface area contributed by atoms with Gasteiger partial charge in [-0.15, -0.1) is 23.2 Å². The molecule has 3 aromatic heterocycles. The Kier molecular flexibility index (Phi) is 9.56. The van der Waals surface area contributed by atoms with Crippen molar-refractivity contribution < 1.29 is 0 Å². The zero-order chi connectivity index (χ0) is 33.6. The Bertz CT molecular complexity index is 1980. The van der Waals surface area contributed by atoms with Crippen LogP contribution < -0.4 is 0 Å². The van der Waals surface area contributed by atoms with Gasteiger partial charge in [0.05, 0.1) is 33.8 Å². The van der Waals surface area contributed by atoms with Crippen LogP contribution in [0.5, 0.6) is 0 Å². The summed E-state index contributed by atoms with van der Waals surface area (Å²) >= 11 is 12.7. The summed E-state index contributed by atoms with van der Waals surface area (Å²) in [6.07, 6.45) is 4.30. The van der Waals surface area contributed by atoms with Crippen LogP contribution in [0.3, 0.4) is 0 Å². The Morgan fingerprint density at radius 1 is 0.617 bits per heavy atom. The van der Waals surface area contributed by atoms with Crippen molar-refractivity contribution in [2.45, 2.75) is 93.4 Å². The molecule has 244 valence electrons. The van der Waals surface area contributed by atoms with E-state index in [2.05, 4.69) is 102 Å². The third-order valence-corrected chi connectivity index (χ3v) is 10.8. The van der Waals surface area contributed by atoms with Crippen molar-refractivity contribution in [3.8, 4) is 11.1 Å². The molecular weight excluding hydrogens is 619 g/mol. The summed E-state index contributed by atoms with van der Waals surface area (Å²) in [5.41, 5.74) is 23.3. The lowest BCUT2D eigenvalue weighted by Crippen LogP contribution is -2.00. The second-order valence-electron chi connectivity index (χ2n) is 12.8. The number of H-pyrrole nitrogens is 2. The molecular formula is C41H46Cl2N4. The van der Waals surface area contributed by atoms with Gasteiger partial charge in [0.2, 0.25) is 0 Å². The zero-order valence-electron chi connectivity index (χ0n) is 29.1. The minimum Gasteiger partial charge on any atom is -0.354 e. The van der Waals surface area contributed by atoms with E-state index in [-0.39, 0.29) is 0 Å². The fourth-order valence-electron chi connectivity index (χ4n) is 7.65. The van der Waals surface area contributed by atoms with Gasteiger partial charge in [0.15, 0.2) is 0 Å². The molecule has 0 fully saturated rings. The molecule has 1 aromatic carbocycles. The molecule has 5 heterocycles. The molecule has 8 bridgehead atoms. The number of nitrogens with zero attached hydrogens (tertiary/aromatic N) is 2. The first-order valence-electron chi connectivity index (χ1n) is 17.1. The van der Waals surface area contributed by atoms with Crippen LogP contribution in [0.1, 0.15) is 111 Å². The number of rotatable bonds is 8. The molecule has 0 saturated heterocycles. The summed E-state index contributed by atoms with van der Waals surface area (Å²) in [5.74, 6) is 1.00. The molecule has 2 aliphatic rings. The quantitative estimate of drug-likeness (QED) is 0.184. The molecule has 2 N–H and O–H groups in total. The molecule has 2 aliphatic heterocycles. The van der Waals surface area contributed by atoms with E-state index in [0.29, 0.717) is 18.2 Å². The maximum Gasteiger partial charge on any atom is 0.0726 e. The standard InChI is InChI=1S/C41H46Cl2N4/c1-9-28-22(5)33-19-35-24(7)30(11-3)40(46-35)37(27-15-13-26(21-43)14-16-27)41-31(12-4)25(8)36(47-41)20-34-23(6)29(10-2)39(45-34)32(17-18-42)38(28)44-33/h13-16,19-20,46-47H,9-12,17-18,21H2,1-8H3. The average molecular weight is 666 g/mol. The number of halogens is 2. The van der Waals surface area contributed by atoms with Gasteiger partial charge in [0.25, 0.3) is 0 Å². The topological polar surface area (TPSA) is 57.4 Å². The highest BCUT2D eigenvalue weighted by atomic mass is 35.5. The lowest BCUT2D eigenvalue weighted by molar-refractivity contribution is 1.05. The van der Waals surface area contributed by atoms with Gasteiger partial charge in [0, 0.05) is 33.9 Å². The van der Waals surface area contributed by atoms with Crippen molar-refractivity contribution in [1.29, 1.82) is 0 Å². The zero-order valence-corrected chi connectivity index (χ0v) is 30.6. The summed E-state index contributed by atoms with van der Waals surface area (Å²) in [4.78, 5) is 18.6. The van der Waals surface area contributed by atoms with E-state index in [4.69, 9.17) is 33.2 Å². The van der Waals surface area contributed by atoms with Crippen molar-refractivity contribution in [1.82, 2.24) is 19.9 Å². The van der Waals surface area contributed by atoms with Crippen molar-refractivity contribution >= 4 is 67.6 Å². The highest BCUT2D eigenvalue weighted by molar-refractivity contribution is 6.18. The van der Waals surface area contributed by atoms with E-state index in [1.165, 1.54) is 50.1 Å². The fraction of sp³-hybridized carbons (Fsp3) is 0.366. The van der Waals surface area contributed by atoms with Crippen LogP contribution in [-0.4, -0.2) is 25.8 Å². The number of aromatic nitrogens is 4. The number of aromatic amines is 2. The van der Waals surface area contributed by atoms with Crippen molar-refractivity contribution in [3.05, 3.63) is 92.6 Å². The highest BCUT2D eigenvalue weighted by Crippen LogP contribution is 2.41. The molecule has 47 heavy (non-hydrogen) atoms. The molecule has 6 heteroatoms. The first-order valence-corrected chi connectivity index (χ1v) is 18.2. The molecule has 0 aliphatic carbocycles. The van der Waals surface area contributed by atoms with Crippen molar-refractivity contribution in [2.75, 3.05) is 5.88 Å². The molecule has 0 amide bonds.